The van der Waals surface area contributed by atoms with Crippen molar-refractivity contribution in [3.63, 3.8) is 0 Å². The third kappa shape index (κ3) is 3.89. The number of aromatic amines is 1. The van der Waals surface area contributed by atoms with Gasteiger partial charge in [0.25, 0.3) is 0 Å². The topological polar surface area (TPSA) is 67.0 Å². The van der Waals surface area contributed by atoms with Crippen LogP contribution in [0.1, 0.15) is 62.1 Å². The van der Waals surface area contributed by atoms with Gasteiger partial charge in [-0.25, -0.2) is 4.98 Å². The van der Waals surface area contributed by atoms with E-state index < -0.39 is 5.54 Å². The molecule has 0 amide bonds. The third-order valence-electron chi connectivity index (χ3n) is 7.98. The Kier molecular flexibility index (Phi) is 5.96. The van der Waals surface area contributed by atoms with Crippen molar-refractivity contribution in [1.82, 2.24) is 15.3 Å². The van der Waals surface area contributed by atoms with Crippen molar-refractivity contribution in [3.8, 4) is 16.9 Å². The molecule has 1 aliphatic carbocycles. The molecule has 0 radical (unpaired) electrons. The molecule has 37 heavy (non-hydrogen) atoms. The van der Waals surface area contributed by atoms with Gasteiger partial charge in [0.2, 0.25) is 5.78 Å². The molecule has 3 aromatic carbocycles. The van der Waals surface area contributed by atoms with Gasteiger partial charge in [0.05, 0.1) is 23.2 Å². The lowest BCUT2D eigenvalue weighted by atomic mass is 9.84. The Balaban J connectivity index is 1.66. The molecule has 4 aromatic rings. The second-order valence-corrected chi connectivity index (χ2v) is 10.2. The monoisotopic (exact) mass is 491 g/mol. The Morgan fingerprint density at radius 2 is 1.89 bits per heavy atom. The van der Waals surface area contributed by atoms with Crippen LogP contribution < -0.4 is 20.5 Å². The van der Waals surface area contributed by atoms with Gasteiger partial charge >= 0.3 is 0 Å². The van der Waals surface area contributed by atoms with Gasteiger partial charge in [0, 0.05) is 5.57 Å². The van der Waals surface area contributed by atoms with E-state index in [0.29, 0.717) is 18.3 Å². The average molecular weight is 492 g/mol. The van der Waals surface area contributed by atoms with E-state index in [9.17, 15) is 4.79 Å². The molecule has 5 nitrogen and oxygen atoms in total. The van der Waals surface area contributed by atoms with Crippen molar-refractivity contribution >= 4 is 28.5 Å². The highest BCUT2D eigenvalue weighted by Gasteiger charge is 2.43. The van der Waals surface area contributed by atoms with Gasteiger partial charge in [0.1, 0.15) is 5.75 Å². The first kappa shape index (κ1) is 23.7. The van der Waals surface area contributed by atoms with Crippen LogP contribution in [0.4, 0.5) is 0 Å². The van der Waals surface area contributed by atoms with E-state index in [2.05, 4.69) is 54.5 Å². The van der Waals surface area contributed by atoms with Crippen LogP contribution >= 0.6 is 0 Å². The summed E-state index contributed by atoms with van der Waals surface area (Å²) in [6, 6.07) is 20.6. The molecule has 1 aromatic heterocycles. The minimum atomic E-state index is -0.480. The second kappa shape index (κ2) is 9.31. The van der Waals surface area contributed by atoms with Crippen molar-refractivity contribution in [2.45, 2.75) is 51.5 Å². The number of H-pyrrole nitrogens is 1. The zero-order valence-corrected chi connectivity index (χ0v) is 21.7. The largest absolute Gasteiger partial charge is 0.494 e. The molecule has 1 aliphatic heterocycles. The lowest BCUT2D eigenvalue weighted by Crippen LogP contribution is -2.41. The highest BCUT2D eigenvalue weighted by Crippen LogP contribution is 2.37. The van der Waals surface area contributed by atoms with E-state index in [1.165, 1.54) is 5.56 Å². The quantitative estimate of drug-likeness (QED) is 0.353. The number of fused-ring (bicyclic) bond motifs is 2. The molecule has 1 spiro atoms. The molecule has 1 fully saturated rings. The van der Waals surface area contributed by atoms with Crippen LogP contribution in [0.3, 0.4) is 0 Å². The molecule has 2 unspecified atom stereocenters. The predicted octanol–water partition coefficient (Wildman–Crippen LogP) is 5.09. The molecule has 1 saturated heterocycles. The maximum absolute atomic E-state index is 14.4. The first-order valence-corrected chi connectivity index (χ1v) is 13.4. The number of aromatic nitrogens is 2. The molecule has 188 valence electrons. The molecule has 2 atom stereocenters. The van der Waals surface area contributed by atoms with E-state index in [-0.39, 0.29) is 5.78 Å². The number of carbonyl (C=O) groups is 1. The van der Waals surface area contributed by atoms with E-state index in [1.807, 2.05) is 43.3 Å². The van der Waals surface area contributed by atoms with E-state index in [4.69, 9.17) is 9.72 Å². The van der Waals surface area contributed by atoms with Gasteiger partial charge in [-0.15, -0.1) is 0 Å². The van der Waals surface area contributed by atoms with Crippen LogP contribution in [0, 0.1) is 0 Å². The number of hydrogen-bond acceptors (Lipinski definition) is 4. The fraction of sp³-hybridized carbons (Fsp3) is 0.312. The Labute approximate surface area is 217 Å². The standard InChI is InChI=1S/C32H33N3O2/c1-4-20(3)24-16-13-22-19-32(17-8-18-33-32)29(30(36)31-34-25-9-6-7-10-26(25)35-31)28(22)27(24)21-11-14-23(15-12-21)37-5-2/h6-7,9-16,19-20,33H,4-5,8,17-18H2,1-3H3,(H,34,35). The fourth-order valence-corrected chi connectivity index (χ4v) is 6.01. The lowest BCUT2D eigenvalue weighted by molar-refractivity contribution is 0.103. The molecule has 5 heteroatoms. The summed E-state index contributed by atoms with van der Waals surface area (Å²) in [6.07, 6.45) is 5.22. The Hall–Kier alpha value is -3.70. The van der Waals surface area contributed by atoms with Gasteiger partial charge in [-0.2, -0.15) is 0 Å². The Morgan fingerprint density at radius 3 is 2.59 bits per heavy atom. The maximum Gasteiger partial charge on any atom is 0.227 e. The zero-order valence-electron chi connectivity index (χ0n) is 21.7. The highest BCUT2D eigenvalue weighted by atomic mass is 16.5. The smallest absolute Gasteiger partial charge is 0.227 e. The minimum absolute atomic E-state index is 0.0333. The van der Waals surface area contributed by atoms with E-state index in [1.54, 1.807) is 0 Å². The number of ketones is 1. The van der Waals surface area contributed by atoms with Crippen LogP contribution in [0.15, 0.2) is 60.7 Å². The zero-order chi connectivity index (χ0) is 25.6. The molecule has 0 saturated carbocycles. The molecular formula is C32H33N3O2. The number of ether oxygens (including phenoxy) is 1. The van der Waals surface area contributed by atoms with Crippen LogP contribution in [-0.2, 0) is 0 Å². The van der Waals surface area contributed by atoms with Gasteiger partial charge < -0.3 is 15.0 Å². The van der Waals surface area contributed by atoms with Crippen LogP contribution in [0.25, 0.3) is 33.8 Å². The van der Waals surface area contributed by atoms with Crippen molar-refractivity contribution < 1.29 is 9.53 Å². The normalized spacial score (nSPS) is 19.3. The predicted molar refractivity (Wildman–Crippen MR) is 149 cm³/mol. The summed E-state index contributed by atoms with van der Waals surface area (Å²) in [5, 5.41) is 5.86. The molecule has 2 aliphatic rings. The average Bonchev–Trinajstić information content (AvgIpc) is 3.65. The van der Waals surface area contributed by atoms with Crippen LogP contribution in [0.2, 0.25) is 0 Å². The van der Waals surface area contributed by atoms with Gasteiger partial charge in [0.15, 0.2) is 5.82 Å². The second-order valence-electron chi connectivity index (χ2n) is 10.2. The van der Waals surface area contributed by atoms with Crippen LogP contribution in [0.5, 0.6) is 5.75 Å². The Morgan fingerprint density at radius 1 is 1.08 bits per heavy atom. The molecule has 0 bridgehead atoms. The number of carbonyl (C=O) groups excluding carboxylic acids is 1. The molecular weight excluding hydrogens is 458 g/mol. The lowest BCUT2D eigenvalue weighted by Gasteiger charge is -2.25. The summed E-state index contributed by atoms with van der Waals surface area (Å²) in [6.45, 7) is 8.00. The summed E-state index contributed by atoms with van der Waals surface area (Å²) >= 11 is 0. The molecule has 2 N–H and O–H groups in total. The van der Waals surface area contributed by atoms with Gasteiger partial charge in [-0.1, -0.05) is 56.3 Å². The van der Waals surface area contributed by atoms with E-state index in [0.717, 1.165) is 69.7 Å². The van der Waals surface area contributed by atoms with Crippen molar-refractivity contribution in [3.05, 3.63) is 82.5 Å². The number of nitrogens with one attached hydrogen (secondary N) is 2. The number of benzene rings is 3. The summed E-state index contributed by atoms with van der Waals surface area (Å²) in [5.41, 5.74) is 5.54. The number of para-hydroxylation sites is 2. The third-order valence-corrected chi connectivity index (χ3v) is 7.98. The van der Waals surface area contributed by atoms with Gasteiger partial charge in [-0.3, -0.25) is 4.79 Å². The summed E-state index contributed by atoms with van der Waals surface area (Å²) in [4.78, 5) is 22.4. The summed E-state index contributed by atoms with van der Waals surface area (Å²) in [7, 11) is 0. The maximum atomic E-state index is 14.4. The Bertz CT molecular complexity index is 1580. The number of rotatable bonds is 7. The highest BCUT2D eigenvalue weighted by molar-refractivity contribution is 6.28. The van der Waals surface area contributed by atoms with Gasteiger partial charge in [-0.05, 0) is 90.0 Å². The molecule has 6 rings (SSSR count). The number of Topliss-reactive ketones (excluding diaryl/α,β-unsaturated/α-hetero) is 1. The van der Waals surface area contributed by atoms with E-state index >= 15 is 0 Å². The first-order chi connectivity index (χ1) is 18.0. The van der Waals surface area contributed by atoms with Crippen LogP contribution in [-0.4, -0.2) is 34.4 Å². The minimum Gasteiger partial charge on any atom is -0.494 e. The summed E-state index contributed by atoms with van der Waals surface area (Å²) < 4.78 is 5.72. The summed E-state index contributed by atoms with van der Waals surface area (Å²) in [5.74, 6) is 1.57. The van der Waals surface area contributed by atoms with Crippen molar-refractivity contribution in [2.24, 2.45) is 0 Å². The number of nitrogens with zero attached hydrogens (tertiary/aromatic N) is 1. The first-order valence-electron chi connectivity index (χ1n) is 13.4. The SMILES string of the molecule is CCOc1ccc(-c2c(C(C)CC)ccc3c2=C(C(=O)c2nc4ccccc4[nH]2)C2(C=3)CCCN2)cc1. The van der Waals surface area contributed by atoms with Crippen molar-refractivity contribution in [2.75, 3.05) is 13.2 Å². The molecule has 2 heterocycles. The van der Waals surface area contributed by atoms with Crippen molar-refractivity contribution in [1.29, 1.82) is 0 Å². The fourth-order valence-electron chi connectivity index (χ4n) is 6.01. The number of hydrogen-bond donors (Lipinski definition) is 2. The number of imidazole rings is 1.